The van der Waals surface area contributed by atoms with Gasteiger partial charge in [0.2, 0.25) is 5.76 Å². The second-order valence-electron chi connectivity index (χ2n) is 3.66. The standard InChI is InChI=1S/C12H10FNO4/c1-6-3-4-7(11(17-2)10(6)13)8-5-9(12(15)16)18-14-8/h3-5H,1-2H3,(H,15,16). The zero-order chi connectivity index (χ0) is 13.3. The average molecular weight is 251 g/mol. The van der Waals surface area contributed by atoms with Crippen molar-refractivity contribution in [2.75, 3.05) is 7.11 Å². The van der Waals surface area contributed by atoms with Crippen molar-refractivity contribution in [2.45, 2.75) is 6.92 Å². The number of methoxy groups -OCH3 is 1. The van der Waals surface area contributed by atoms with Gasteiger partial charge in [-0.25, -0.2) is 9.18 Å². The summed E-state index contributed by atoms with van der Waals surface area (Å²) >= 11 is 0. The highest BCUT2D eigenvalue weighted by Crippen LogP contribution is 2.33. The van der Waals surface area contributed by atoms with Crippen LogP contribution in [0, 0.1) is 12.7 Å². The highest BCUT2D eigenvalue weighted by Gasteiger charge is 2.18. The van der Waals surface area contributed by atoms with Gasteiger partial charge in [0, 0.05) is 11.6 Å². The van der Waals surface area contributed by atoms with Crippen molar-refractivity contribution in [2.24, 2.45) is 0 Å². The molecule has 94 valence electrons. The Kier molecular flexibility index (Phi) is 3.01. The third-order valence-electron chi connectivity index (χ3n) is 2.49. The third kappa shape index (κ3) is 1.92. The van der Waals surface area contributed by atoms with Crippen LogP contribution in [0.2, 0.25) is 0 Å². The third-order valence-corrected chi connectivity index (χ3v) is 2.49. The number of halogens is 1. The molecule has 1 aromatic heterocycles. The molecule has 2 rings (SSSR count). The van der Waals surface area contributed by atoms with Crippen LogP contribution in [0.3, 0.4) is 0 Å². The number of hydrogen-bond acceptors (Lipinski definition) is 4. The van der Waals surface area contributed by atoms with E-state index in [0.29, 0.717) is 11.1 Å². The van der Waals surface area contributed by atoms with E-state index in [9.17, 15) is 9.18 Å². The van der Waals surface area contributed by atoms with Gasteiger partial charge in [-0.2, -0.15) is 0 Å². The predicted molar refractivity (Wildman–Crippen MR) is 60.1 cm³/mol. The number of aryl methyl sites for hydroxylation is 1. The van der Waals surface area contributed by atoms with Crippen molar-refractivity contribution in [1.29, 1.82) is 0 Å². The van der Waals surface area contributed by atoms with Crippen LogP contribution in [0.15, 0.2) is 22.7 Å². The van der Waals surface area contributed by atoms with Crippen LogP contribution >= 0.6 is 0 Å². The number of carboxylic acid groups (broad SMARTS) is 1. The van der Waals surface area contributed by atoms with Gasteiger partial charge in [-0.05, 0) is 18.6 Å². The van der Waals surface area contributed by atoms with Crippen LogP contribution < -0.4 is 4.74 Å². The van der Waals surface area contributed by atoms with Gasteiger partial charge in [0.15, 0.2) is 11.6 Å². The van der Waals surface area contributed by atoms with Gasteiger partial charge in [-0.15, -0.1) is 0 Å². The van der Waals surface area contributed by atoms with Crippen LogP contribution in [0.1, 0.15) is 16.1 Å². The van der Waals surface area contributed by atoms with Gasteiger partial charge in [0.1, 0.15) is 5.69 Å². The maximum absolute atomic E-state index is 13.8. The molecule has 0 aliphatic rings. The molecule has 18 heavy (non-hydrogen) atoms. The molecule has 0 saturated heterocycles. The summed E-state index contributed by atoms with van der Waals surface area (Å²) < 4.78 is 23.4. The van der Waals surface area contributed by atoms with E-state index in [0.717, 1.165) is 0 Å². The smallest absolute Gasteiger partial charge is 0.374 e. The van der Waals surface area contributed by atoms with Crippen LogP contribution in [-0.2, 0) is 0 Å². The molecule has 0 amide bonds. The Balaban J connectivity index is 2.56. The van der Waals surface area contributed by atoms with Crippen LogP contribution in [0.5, 0.6) is 5.75 Å². The molecular weight excluding hydrogens is 241 g/mol. The molecule has 0 aliphatic heterocycles. The van der Waals surface area contributed by atoms with Gasteiger partial charge in [0.25, 0.3) is 0 Å². The Hall–Kier alpha value is -2.37. The largest absolute Gasteiger partial charge is 0.493 e. The lowest BCUT2D eigenvalue weighted by Gasteiger charge is -2.08. The van der Waals surface area contributed by atoms with E-state index in [1.807, 2.05) is 0 Å². The summed E-state index contributed by atoms with van der Waals surface area (Å²) in [5.41, 5.74) is 0.984. The molecule has 0 unspecified atom stereocenters. The summed E-state index contributed by atoms with van der Waals surface area (Å²) in [6.07, 6.45) is 0. The first-order valence-electron chi connectivity index (χ1n) is 5.08. The van der Waals surface area contributed by atoms with Crippen LogP contribution in [0.25, 0.3) is 11.3 Å². The number of benzene rings is 1. The normalized spacial score (nSPS) is 10.4. The van der Waals surface area contributed by atoms with E-state index in [2.05, 4.69) is 9.68 Å². The molecule has 0 spiro atoms. The Morgan fingerprint density at radius 2 is 2.22 bits per heavy atom. The Morgan fingerprint density at radius 1 is 1.50 bits per heavy atom. The van der Waals surface area contributed by atoms with Crippen molar-refractivity contribution in [3.8, 4) is 17.0 Å². The molecular formula is C12H10FNO4. The number of aromatic nitrogens is 1. The van der Waals surface area contributed by atoms with E-state index >= 15 is 0 Å². The molecule has 2 aromatic rings. The number of aromatic carboxylic acids is 1. The van der Waals surface area contributed by atoms with Crippen molar-refractivity contribution in [3.63, 3.8) is 0 Å². The number of ether oxygens (including phenoxy) is 1. The molecule has 0 bridgehead atoms. The van der Waals surface area contributed by atoms with Gasteiger partial charge in [-0.1, -0.05) is 11.2 Å². The number of carbonyl (C=O) groups is 1. The SMILES string of the molecule is COc1c(-c2cc(C(=O)O)on2)ccc(C)c1F. The van der Waals surface area contributed by atoms with Crippen molar-refractivity contribution >= 4 is 5.97 Å². The summed E-state index contributed by atoms with van der Waals surface area (Å²) in [5, 5.41) is 12.3. The molecule has 0 saturated carbocycles. The van der Waals surface area contributed by atoms with E-state index < -0.39 is 11.8 Å². The molecule has 0 atom stereocenters. The number of rotatable bonds is 3. The zero-order valence-corrected chi connectivity index (χ0v) is 9.73. The molecule has 1 aromatic carbocycles. The minimum Gasteiger partial charge on any atom is -0.493 e. The summed E-state index contributed by atoms with van der Waals surface area (Å²) in [6.45, 7) is 1.60. The molecule has 0 aliphatic carbocycles. The molecule has 1 N–H and O–H groups in total. The lowest BCUT2D eigenvalue weighted by atomic mass is 10.1. The first-order valence-corrected chi connectivity index (χ1v) is 5.08. The lowest BCUT2D eigenvalue weighted by Crippen LogP contribution is -1.95. The molecule has 1 heterocycles. The molecule has 0 radical (unpaired) electrons. The average Bonchev–Trinajstić information content (AvgIpc) is 2.82. The Labute approximate surface area is 102 Å². The van der Waals surface area contributed by atoms with Gasteiger partial charge >= 0.3 is 5.97 Å². The summed E-state index contributed by atoms with van der Waals surface area (Å²) in [7, 11) is 1.33. The number of hydrogen-bond donors (Lipinski definition) is 1. The van der Waals surface area contributed by atoms with Crippen molar-refractivity contribution in [3.05, 3.63) is 35.3 Å². The van der Waals surface area contributed by atoms with Crippen LogP contribution in [0.4, 0.5) is 4.39 Å². The maximum atomic E-state index is 13.8. The molecule has 0 fully saturated rings. The number of nitrogens with zero attached hydrogens (tertiary/aromatic N) is 1. The first kappa shape index (κ1) is 12.1. The van der Waals surface area contributed by atoms with Gasteiger partial charge in [0.05, 0.1) is 7.11 Å². The highest BCUT2D eigenvalue weighted by molar-refractivity contribution is 5.86. The number of carboxylic acids is 1. The Morgan fingerprint density at radius 3 is 2.78 bits per heavy atom. The van der Waals surface area contributed by atoms with E-state index in [1.54, 1.807) is 19.1 Å². The van der Waals surface area contributed by atoms with E-state index in [4.69, 9.17) is 9.84 Å². The van der Waals surface area contributed by atoms with Crippen molar-refractivity contribution in [1.82, 2.24) is 5.16 Å². The Bertz CT molecular complexity index is 606. The second kappa shape index (κ2) is 4.48. The second-order valence-corrected chi connectivity index (χ2v) is 3.66. The fraction of sp³-hybridized carbons (Fsp3) is 0.167. The highest BCUT2D eigenvalue weighted by atomic mass is 19.1. The zero-order valence-electron chi connectivity index (χ0n) is 9.73. The fourth-order valence-corrected chi connectivity index (χ4v) is 1.56. The molecule has 5 nitrogen and oxygen atoms in total. The topological polar surface area (TPSA) is 72.6 Å². The quantitative estimate of drug-likeness (QED) is 0.907. The summed E-state index contributed by atoms with van der Waals surface area (Å²) in [6, 6.07) is 4.37. The monoisotopic (exact) mass is 251 g/mol. The lowest BCUT2D eigenvalue weighted by molar-refractivity contribution is 0.0652. The van der Waals surface area contributed by atoms with Gasteiger partial charge in [-0.3, -0.25) is 0 Å². The summed E-state index contributed by atoms with van der Waals surface area (Å²) in [5.74, 6) is -2.04. The predicted octanol–water partition coefficient (Wildman–Crippen LogP) is 2.50. The van der Waals surface area contributed by atoms with Gasteiger partial charge < -0.3 is 14.4 Å². The van der Waals surface area contributed by atoms with Crippen LogP contribution in [-0.4, -0.2) is 23.3 Å². The first-order chi connectivity index (χ1) is 8.54. The summed E-state index contributed by atoms with van der Waals surface area (Å²) in [4.78, 5) is 10.7. The maximum Gasteiger partial charge on any atom is 0.374 e. The fourth-order valence-electron chi connectivity index (χ4n) is 1.56. The minimum absolute atomic E-state index is 0.0141. The molecule has 6 heteroatoms. The van der Waals surface area contributed by atoms with E-state index in [-0.39, 0.29) is 17.2 Å². The van der Waals surface area contributed by atoms with E-state index in [1.165, 1.54) is 13.2 Å². The van der Waals surface area contributed by atoms with Crippen molar-refractivity contribution < 1.29 is 23.6 Å². The minimum atomic E-state index is -1.24.